The molecule has 4 saturated carbocycles. The minimum absolute atomic E-state index is 0.00251. The average molecular weight is 625 g/mol. The van der Waals surface area contributed by atoms with Crippen LogP contribution in [0.1, 0.15) is 134 Å². The number of carbonyl (C=O) groups excluding carboxylic acids is 1. The molecule has 1 unspecified atom stereocenters. The van der Waals surface area contributed by atoms with E-state index in [1.165, 1.54) is 6.07 Å². The van der Waals surface area contributed by atoms with Crippen molar-refractivity contribution >= 4 is 11.9 Å². The third-order valence-electron chi connectivity index (χ3n) is 14.9. The molecule has 5 aliphatic rings. The summed E-state index contributed by atoms with van der Waals surface area (Å²) in [5, 5.41) is 31.9. The molecule has 1 heterocycles. The van der Waals surface area contributed by atoms with Gasteiger partial charge < -0.3 is 24.8 Å². The van der Waals surface area contributed by atoms with E-state index in [1.807, 2.05) is 13.8 Å². The molecule has 0 bridgehead atoms. The summed E-state index contributed by atoms with van der Waals surface area (Å²) in [4.78, 5) is 26.1. The Balaban J connectivity index is 1.43. The summed E-state index contributed by atoms with van der Waals surface area (Å²) < 4.78 is 13.4. The molecule has 7 nitrogen and oxygen atoms in total. The molecule has 7 heteroatoms. The zero-order valence-electron chi connectivity index (χ0n) is 28.7. The predicted molar refractivity (Wildman–Crippen MR) is 172 cm³/mol. The molecule has 1 aromatic rings. The number of rotatable bonds is 5. The number of aromatic carboxylic acids is 1. The number of hydrogen-bond donors (Lipinski definition) is 3. The van der Waals surface area contributed by atoms with E-state index in [0.717, 1.165) is 57.8 Å². The number of aliphatic hydroxyl groups is 2. The van der Waals surface area contributed by atoms with E-state index in [0.29, 0.717) is 5.92 Å². The first-order valence-corrected chi connectivity index (χ1v) is 17.4. The molecule has 4 aliphatic carbocycles. The van der Waals surface area contributed by atoms with Crippen molar-refractivity contribution in [2.24, 2.45) is 45.3 Å². The first-order valence-electron chi connectivity index (χ1n) is 17.4. The number of aliphatic hydroxyl groups excluding tert-OH is 1. The van der Waals surface area contributed by atoms with Crippen LogP contribution < -0.4 is 0 Å². The van der Waals surface area contributed by atoms with Crippen LogP contribution >= 0.6 is 0 Å². The van der Waals surface area contributed by atoms with Crippen molar-refractivity contribution in [3.05, 3.63) is 35.4 Å². The Kier molecular flexibility index (Phi) is 7.71. The van der Waals surface area contributed by atoms with Gasteiger partial charge in [-0.15, -0.1) is 0 Å². The van der Waals surface area contributed by atoms with E-state index in [-0.39, 0.29) is 62.7 Å². The summed E-state index contributed by atoms with van der Waals surface area (Å²) in [5.41, 5.74) is -1.71. The number of hydrogen-bond acceptors (Lipinski definition) is 6. The molecular formula is C38H56O7. The average Bonchev–Trinajstić information content (AvgIpc) is 3.55. The molecule has 1 saturated heterocycles. The Hall–Kier alpha value is -1.96. The Labute approximate surface area is 269 Å². The van der Waals surface area contributed by atoms with Crippen molar-refractivity contribution in [1.29, 1.82) is 0 Å². The van der Waals surface area contributed by atoms with Gasteiger partial charge in [-0.2, -0.15) is 0 Å². The van der Waals surface area contributed by atoms with E-state index in [9.17, 15) is 24.9 Å². The van der Waals surface area contributed by atoms with Gasteiger partial charge >= 0.3 is 11.9 Å². The third-order valence-corrected chi connectivity index (χ3v) is 14.9. The van der Waals surface area contributed by atoms with Crippen molar-refractivity contribution in [2.75, 3.05) is 0 Å². The quantitative estimate of drug-likeness (QED) is 0.295. The third kappa shape index (κ3) is 4.76. The minimum Gasteiger partial charge on any atom is -0.478 e. The number of carbonyl (C=O) groups is 2. The Morgan fingerprint density at radius 3 is 2.13 bits per heavy atom. The summed E-state index contributed by atoms with van der Waals surface area (Å²) in [6, 6.07) is 6.35. The molecule has 6 rings (SSSR count). The van der Waals surface area contributed by atoms with Gasteiger partial charge in [0.05, 0.1) is 34.5 Å². The molecule has 3 N–H and O–H groups in total. The summed E-state index contributed by atoms with van der Waals surface area (Å²) >= 11 is 0. The van der Waals surface area contributed by atoms with Crippen LogP contribution in [-0.4, -0.2) is 56.8 Å². The maximum Gasteiger partial charge on any atom is 0.339 e. The topological polar surface area (TPSA) is 113 Å². The summed E-state index contributed by atoms with van der Waals surface area (Å²) in [6.07, 6.45) is 7.20. The molecule has 11 atom stereocenters. The Bertz CT molecular complexity index is 1350. The lowest BCUT2D eigenvalue weighted by atomic mass is 9.35. The van der Waals surface area contributed by atoms with E-state index in [2.05, 4.69) is 41.5 Å². The molecular weight excluding hydrogens is 568 g/mol. The number of carboxylic acids is 1. The lowest BCUT2D eigenvalue weighted by molar-refractivity contribution is -0.248. The Morgan fingerprint density at radius 2 is 1.51 bits per heavy atom. The van der Waals surface area contributed by atoms with Crippen LogP contribution in [0.15, 0.2) is 24.3 Å². The number of carboxylic acid groups (broad SMARTS) is 1. The highest BCUT2D eigenvalue weighted by atomic mass is 16.5. The first kappa shape index (κ1) is 33.0. The lowest BCUT2D eigenvalue weighted by Crippen LogP contribution is -2.67. The standard InChI is InChI=1S/C38H56O7/c1-33(2)26-14-19-36(6)27(35(26,5)17-15-28(33)39)21-25(44-32(42)23-12-10-9-11-22(23)31(40)41)30-24(13-18-37(30,36)7)38(8)20-16-29(45-38)34(3,4)43/h9-12,24-30,39,43H,13-21H2,1-8H3,(H,40,41)/t24-,25+,26-,27+,28-,29-,30-,35-,36+,37+,38?/m0/s1. The van der Waals surface area contributed by atoms with Gasteiger partial charge in [-0.3, -0.25) is 0 Å². The fraction of sp³-hybridized carbons (Fsp3) is 0.789. The van der Waals surface area contributed by atoms with Crippen molar-refractivity contribution in [3.63, 3.8) is 0 Å². The molecule has 45 heavy (non-hydrogen) atoms. The molecule has 0 aromatic heterocycles. The maximum absolute atomic E-state index is 14.0. The van der Waals surface area contributed by atoms with Crippen LogP contribution in [0.25, 0.3) is 0 Å². The minimum atomic E-state index is -1.14. The van der Waals surface area contributed by atoms with Crippen LogP contribution in [0, 0.1) is 45.3 Å². The molecule has 1 aliphatic heterocycles. The number of fused-ring (bicyclic) bond motifs is 5. The van der Waals surface area contributed by atoms with Gasteiger partial charge in [0, 0.05) is 5.92 Å². The highest BCUT2D eigenvalue weighted by molar-refractivity contribution is 6.02. The highest BCUT2D eigenvalue weighted by Gasteiger charge is 2.72. The zero-order valence-corrected chi connectivity index (χ0v) is 28.7. The molecule has 1 aromatic carbocycles. The van der Waals surface area contributed by atoms with Crippen molar-refractivity contribution in [2.45, 2.75) is 143 Å². The van der Waals surface area contributed by atoms with Crippen LogP contribution in [0.4, 0.5) is 0 Å². The number of ether oxygens (including phenoxy) is 2. The fourth-order valence-corrected chi connectivity index (χ4v) is 12.2. The van der Waals surface area contributed by atoms with E-state index in [4.69, 9.17) is 9.47 Å². The fourth-order valence-electron chi connectivity index (χ4n) is 12.2. The predicted octanol–water partition coefficient (Wildman–Crippen LogP) is 7.27. The first-order chi connectivity index (χ1) is 20.8. The maximum atomic E-state index is 14.0. The summed E-state index contributed by atoms with van der Waals surface area (Å²) in [7, 11) is 0. The van der Waals surface area contributed by atoms with Gasteiger partial charge in [-0.1, -0.05) is 46.8 Å². The lowest BCUT2D eigenvalue weighted by Gasteiger charge is -2.70. The largest absolute Gasteiger partial charge is 0.478 e. The molecule has 0 spiro atoms. The van der Waals surface area contributed by atoms with E-state index in [1.54, 1.807) is 18.2 Å². The molecule has 0 amide bonds. The summed E-state index contributed by atoms with van der Waals surface area (Å²) in [6.45, 7) is 17.7. The van der Waals surface area contributed by atoms with Gasteiger partial charge in [0.25, 0.3) is 0 Å². The van der Waals surface area contributed by atoms with Gasteiger partial charge in [0.15, 0.2) is 0 Å². The zero-order chi connectivity index (χ0) is 33.0. The number of esters is 1. The monoisotopic (exact) mass is 624 g/mol. The highest BCUT2D eigenvalue weighted by Crippen LogP contribution is 2.76. The van der Waals surface area contributed by atoms with Crippen molar-refractivity contribution in [3.8, 4) is 0 Å². The molecule has 250 valence electrons. The van der Waals surface area contributed by atoms with Crippen LogP contribution in [-0.2, 0) is 9.47 Å². The SMILES string of the molecule is CC(C)(O)[C@@H]1CCC(C)([C@H]2CC[C@]3(C)[C@@H]2[C@H](OC(=O)c2ccccc2C(=O)O)C[C@@H]2[C@@]4(C)CC[C@H](O)C(C)(C)[C@@H]4CC[C@]23C)O1. The van der Waals surface area contributed by atoms with E-state index >= 15 is 0 Å². The summed E-state index contributed by atoms with van der Waals surface area (Å²) in [5.74, 6) is -0.903. The van der Waals surface area contributed by atoms with Gasteiger partial charge in [0.2, 0.25) is 0 Å². The van der Waals surface area contributed by atoms with Crippen LogP contribution in [0.3, 0.4) is 0 Å². The smallest absolute Gasteiger partial charge is 0.339 e. The van der Waals surface area contributed by atoms with Crippen LogP contribution in [0.5, 0.6) is 0 Å². The molecule has 0 radical (unpaired) electrons. The van der Waals surface area contributed by atoms with Gasteiger partial charge in [-0.05, 0) is 130 Å². The van der Waals surface area contributed by atoms with Gasteiger partial charge in [-0.25, -0.2) is 9.59 Å². The van der Waals surface area contributed by atoms with Crippen molar-refractivity contribution < 1.29 is 34.4 Å². The van der Waals surface area contributed by atoms with E-state index < -0.39 is 29.2 Å². The second-order valence-corrected chi connectivity index (χ2v) is 17.7. The molecule has 5 fully saturated rings. The Morgan fingerprint density at radius 1 is 0.867 bits per heavy atom. The van der Waals surface area contributed by atoms with Crippen LogP contribution in [0.2, 0.25) is 0 Å². The number of benzene rings is 1. The normalized spacial score (nSPS) is 45.7. The van der Waals surface area contributed by atoms with Crippen molar-refractivity contribution in [1.82, 2.24) is 0 Å². The van der Waals surface area contributed by atoms with Gasteiger partial charge in [0.1, 0.15) is 6.10 Å². The second-order valence-electron chi connectivity index (χ2n) is 17.7. The second kappa shape index (κ2) is 10.5.